The minimum Gasteiger partial charge on any atom is -0.480 e. The molecule has 0 fully saturated rings. The molecule has 2 atom stereocenters. The Balaban J connectivity index is 3.71. The second kappa shape index (κ2) is 6.20. The average Bonchev–Trinajstić information content (AvgIpc) is 2.13. The van der Waals surface area contributed by atoms with Gasteiger partial charge in [-0.15, -0.1) is 0 Å². The van der Waals surface area contributed by atoms with Gasteiger partial charge in [0.15, 0.2) is 0 Å². The zero-order chi connectivity index (χ0) is 11.1. The topological polar surface area (TPSA) is 87.7 Å². The number of amides is 2. The van der Waals surface area contributed by atoms with Crippen molar-refractivity contribution >= 4 is 12.0 Å². The van der Waals surface area contributed by atoms with Crippen molar-refractivity contribution in [1.82, 2.24) is 10.6 Å². The molecule has 82 valence electrons. The zero-order valence-electron chi connectivity index (χ0n) is 8.53. The lowest BCUT2D eigenvalue weighted by Gasteiger charge is -2.13. The molecule has 6 nitrogen and oxygen atoms in total. The number of hydrogen-bond donors (Lipinski definition) is 3. The molecule has 14 heavy (non-hydrogen) atoms. The van der Waals surface area contributed by atoms with E-state index in [9.17, 15) is 9.59 Å². The molecule has 0 aromatic carbocycles. The Labute approximate surface area is 82.6 Å². The summed E-state index contributed by atoms with van der Waals surface area (Å²) >= 11 is 0. The van der Waals surface area contributed by atoms with Gasteiger partial charge in [0.2, 0.25) is 0 Å². The summed E-state index contributed by atoms with van der Waals surface area (Å²) in [6, 6.07) is -1.41. The van der Waals surface area contributed by atoms with Crippen molar-refractivity contribution in [2.45, 2.75) is 26.0 Å². The number of carboxylic acid groups (broad SMARTS) is 1. The van der Waals surface area contributed by atoms with E-state index in [0.29, 0.717) is 6.54 Å². The van der Waals surface area contributed by atoms with E-state index in [-0.39, 0.29) is 6.10 Å². The van der Waals surface area contributed by atoms with Crippen molar-refractivity contribution < 1.29 is 19.4 Å². The highest BCUT2D eigenvalue weighted by atomic mass is 16.5. The van der Waals surface area contributed by atoms with Crippen LogP contribution in [0.25, 0.3) is 0 Å². The van der Waals surface area contributed by atoms with Gasteiger partial charge >= 0.3 is 12.0 Å². The maximum absolute atomic E-state index is 11.0. The first-order valence-electron chi connectivity index (χ1n) is 4.27. The first-order valence-corrected chi connectivity index (χ1v) is 4.27. The molecule has 0 aliphatic rings. The Bertz CT molecular complexity index is 208. The molecular weight excluding hydrogens is 188 g/mol. The van der Waals surface area contributed by atoms with Crippen LogP contribution < -0.4 is 10.6 Å². The van der Waals surface area contributed by atoms with Gasteiger partial charge in [0.1, 0.15) is 6.04 Å². The minimum absolute atomic E-state index is 0.0964. The molecule has 0 aliphatic heterocycles. The molecule has 0 aliphatic carbocycles. The van der Waals surface area contributed by atoms with Gasteiger partial charge in [-0.05, 0) is 13.8 Å². The van der Waals surface area contributed by atoms with Gasteiger partial charge in [-0.25, -0.2) is 4.79 Å². The summed E-state index contributed by atoms with van der Waals surface area (Å²) in [4.78, 5) is 21.4. The molecule has 0 saturated carbocycles. The van der Waals surface area contributed by atoms with Crippen LogP contribution in [0.2, 0.25) is 0 Å². The molecule has 1 unspecified atom stereocenters. The fourth-order valence-corrected chi connectivity index (χ4v) is 0.629. The van der Waals surface area contributed by atoms with Crippen molar-refractivity contribution in [2.75, 3.05) is 13.7 Å². The predicted molar refractivity (Wildman–Crippen MR) is 50.1 cm³/mol. The number of aliphatic carboxylic acids is 1. The predicted octanol–water partition coefficient (Wildman–Crippen LogP) is -0.206. The number of carbonyl (C=O) groups excluding carboxylic acids is 1. The molecule has 0 heterocycles. The number of hydrogen-bond acceptors (Lipinski definition) is 3. The van der Waals surface area contributed by atoms with Crippen LogP contribution in [0.15, 0.2) is 0 Å². The van der Waals surface area contributed by atoms with E-state index in [4.69, 9.17) is 9.84 Å². The van der Waals surface area contributed by atoms with E-state index in [1.54, 1.807) is 6.92 Å². The van der Waals surface area contributed by atoms with E-state index in [0.717, 1.165) is 0 Å². The molecular formula is C8H16N2O4. The molecule has 2 amide bonds. The molecule has 0 spiro atoms. The first kappa shape index (κ1) is 12.7. The molecule has 3 N–H and O–H groups in total. The first-order chi connectivity index (χ1) is 6.47. The number of rotatable bonds is 5. The summed E-state index contributed by atoms with van der Waals surface area (Å²) < 4.78 is 4.89. The third-order valence-corrected chi connectivity index (χ3v) is 1.67. The van der Waals surface area contributed by atoms with Gasteiger partial charge in [-0.3, -0.25) is 4.79 Å². The standard InChI is InChI=1S/C8H16N2O4/c1-5(14-3)4-9-8(13)10-6(2)7(11)12/h5-6H,4H2,1-3H3,(H,11,12)(H2,9,10,13)/t5?,6-/m1/s1. The number of methoxy groups -OCH3 is 1. The molecule has 0 bridgehead atoms. The molecule has 0 rings (SSSR count). The van der Waals surface area contributed by atoms with E-state index in [1.807, 2.05) is 0 Å². The van der Waals surface area contributed by atoms with Gasteiger partial charge in [-0.1, -0.05) is 0 Å². The van der Waals surface area contributed by atoms with Crippen molar-refractivity contribution in [1.29, 1.82) is 0 Å². The van der Waals surface area contributed by atoms with Crippen molar-refractivity contribution in [3.8, 4) is 0 Å². The number of nitrogens with one attached hydrogen (secondary N) is 2. The van der Waals surface area contributed by atoms with Crippen LogP contribution in [-0.4, -0.2) is 42.9 Å². The Morgan fingerprint density at radius 2 is 2.00 bits per heavy atom. The second-order valence-corrected chi connectivity index (χ2v) is 2.96. The van der Waals surface area contributed by atoms with E-state index in [2.05, 4.69) is 10.6 Å². The van der Waals surface area contributed by atoms with E-state index < -0.39 is 18.0 Å². The highest BCUT2D eigenvalue weighted by Crippen LogP contribution is 1.85. The molecule has 0 aromatic rings. The lowest BCUT2D eigenvalue weighted by molar-refractivity contribution is -0.138. The summed E-state index contributed by atoms with van der Waals surface area (Å²) in [5.74, 6) is -1.07. The van der Waals surface area contributed by atoms with Crippen LogP contribution in [0.4, 0.5) is 4.79 Å². The van der Waals surface area contributed by atoms with Crippen molar-refractivity contribution in [2.24, 2.45) is 0 Å². The third kappa shape index (κ3) is 5.36. The highest BCUT2D eigenvalue weighted by molar-refractivity contribution is 5.82. The van der Waals surface area contributed by atoms with Crippen LogP contribution in [0, 0.1) is 0 Å². The van der Waals surface area contributed by atoms with Gasteiger partial charge < -0.3 is 20.5 Å². The van der Waals surface area contributed by atoms with Crippen LogP contribution in [-0.2, 0) is 9.53 Å². The second-order valence-electron chi connectivity index (χ2n) is 2.96. The number of carbonyl (C=O) groups is 2. The lowest BCUT2D eigenvalue weighted by Crippen LogP contribution is -2.46. The number of urea groups is 1. The summed E-state index contributed by atoms with van der Waals surface area (Å²) in [5, 5.41) is 13.2. The lowest BCUT2D eigenvalue weighted by atomic mass is 10.3. The van der Waals surface area contributed by atoms with Crippen LogP contribution in [0.1, 0.15) is 13.8 Å². The number of carboxylic acids is 1. The van der Waals surface area contributed by atoms with Gasteiger partial charge in [0.05, 0.1) is 6.10 Å². The Hall–Kier alpha value is -1.30. The Kier molecular flexibility index (Phi) is 5.62. The van der Waals surface area contributed by atoms with E-state index >= 15 is 0 Å². The fraction of sp³-hybridized carbons (Fsp3) is 0.750. The Morgan fingerprint density at radius 1 is 1.43 bits per heavy atom. The Morgan fingerprint density at radius 3 is 2.43 bits per heavy atom. The maximum Gasteiger partial charge on any atom is 0.325 e. The minimum atomic E-state index is -1.07. The molecule has 0 radical (unpaired) electrons. The van der Waals surface area contributed by atoms with E-state index in [1.165, 1.54) is 14.0 Å². The third-order valence-electron chi connectivity index (χ3n) is 1.67. The summed E-state index contributed by atoms with van der Waals surface area (Å²) in [7, 11) is 1.53. The smallest absolute Gasteiger partial charge is 0.325 e. The largest absolute Gasteiger partial charge is 0.480 e. The van der Waals surface area contributed by atoms with Crippen LogP contribution in [0.5, 0.6) is 0 Å². The molecule has 6 heteroatoms. The summed E-state index contributed by atoms with van der Waals surface area (Å²) in [5.41, 5.74) is 0. The fourth-order valence-electron chi connectivity index (χ4n) is 0.629. The van der Waals surface area contributed by atoms with Crippen molar-refractivity contribution in [3.63, 3.8) is 0 Å². The summed E-state index contributed by atoms with van der Waals surface area (Å²) in [6.07, 6.45) is -0.0964. The normalized spacial score (nSPS) is 14.2. The molecule has 0 aromatic heterocycles. The van der Waals surface area contributed by atoms with Gasteiger partial charge in [-0.2, -0.15) is 0 Å². The molecule has 0 saturated heterocycles. The van der Waals surface area contributed by atoms with Gasteiger partial charge in [0, 0.05) is 13.7 Å². The summed E-state index contributed by atoms with van der Waals surface area (Å²) in [6.45, 7) is 3.53. The maximum atomic E-state index is 11.0. The van der Waals surface area contributed by atoms with Crippen molar-refractivity contribution in [3.05, 3.63) is 0 Å². The SMILES string of the molecule is COC(C)CNC(=O)N[C@H](C)C(=O)O. The number of ether oxygens (including phenoxy) is 1. The quantitative estimate of drug-likeness (QED) is 0.578. The van der Waals surface area contributed by atoms with Crippen LogP contribution in [0.3, 0.4) is 0 Å². The monoisotopic (exact) mass is 204 g/mol. The van der Waals surface area contributed by atoms with Gasteiger partial charge in [0.25, 0.3) is 0 Å². The highest BCUT2D eigenvalue weighted by Gasteiger charge is 2.13. The average molecular weight is 204 g/mol. The zero-order valence-corrected chi connectivity index (χ0v) is 8.53. The van der Waals surface area contributed by atoms with Crippen LogP contribution >= 0.6 is 0 Å².